The van der Waals surface area contributed by atoms with Crippen molar-refractivity contribution >= 4 is 23.0 Å². The first-order valence-electron chi connectivity index (χ1n) is 9.38. The van der Waals surface area contributed by atoms with E-state index in [9.17, 15) is 0 Å². The minimum atomic E-state index is -0.00455. The third-order valence-corrected chi connectivity index (χ3v) is 4.09. The van der Waals surface area contributed by atoms with Gasteiger partial charge in [-0.05, 0) is 62.8 Å². The molecule has 0 amide bonds. The first-order chi connectivity index (χ1) is 13.6. The van der Waals surface area contributed by atoms with Gasteiger partial charge in [0.05, 0.1) is 19.3 Å². The summed E-state index contributed by atoms with van der Waals surface area (Å²) in [5.41, 5.74) is 1.91. The highest BCUT2D eigenvalue weighted by Gasteiger charge is 2.12. The van der Waals surface area contributed by atoms with Gasteiger partial charge in [0.1, 0.15) is 12.4 Å². The highest BCUT2D eigenvalue weighted by atomic mass is 32.1. The molecule has 0 aliphatic rings. The standard InChI is InChI=1S/C22H28N2O3S/c1-5-13-27-19-10-8-9-18(15-19)24-22(28)23-16(4)17-11-12-20(25-6-2)21(14-17)26-7-3/h5,8-12,14-16H,1,6-7,13H2,2-4H3,(H2,23,24,28)/t16-/m0/s1. The van der Waals surface area contributed by atoms with Crippen LogP contribution < -0.4 is 24.8 Å². The molecule has 1 atom stereocenters. The lowest BCUT2D eigenvalue weighted by Crippen LogP contribution is -2.30. The third kappa shape index (κ3) is 6.46. The van der Waals surface area contributed by atoms with E-state index in [-0.39, 0.29) is 6.04 Å². The molecule has 2 aromatic rings. The van der Waals surface area contributed by atoms with Gasteiger partial charge >= 0.3 is 0 Å². The average molecular weight is 401 g/mol. The first kappa shape index (κ1) is 21.6. The van der Waals surface area contributed by atoms with Crippen molar-refractivity contribution in [2.75, 3.05) is 25.1 Å². The van der Waals surface area contributed by atoms with E-state index in [1.54, 1.807) is 6.08 Å². The van der Waals surface area contributed by atoms with Crippen molar-refractivity contribution in [1.29, 1.82) is 0 Å². The Morgan fingerprint density at radius 1 is 1.07 bits per heavy atom. The molecule has 0 saturated heterocycles. The summed E-state index contributed by atoms with van der Waals surface area (Å²) in [7, 11) is 0. The van der Waals surface area contributed by atoms with Crippen molar-refractivity contribution in [3.8, 4) is 17.2 Å². The van der Waals surface area contributed by atoms with Crippen LogP contribution in [0.3, 0.4) is 0 Å². The van der Waals surface area contributed by atoms with Crippen LogP contribution in [0.15, 0.2) is 55.1 Å². The highest BCUT2D eigenvalue weighted by molar-refractivity contribution is 7.80. The van der Waals surface area contributed by atoms with Gasteiger partial charge in [0.2, 0.25) is 0 Å². The molecule has 0 radical (unpaired) electrons. The summed E-state index contributed by atoms with van der Waals surface area (Å²) in [6.07, 6.45) is 1.71. The lowest BCUT2D eigenvalue weighted by Gasteiger charge is -2.19. The molecule has 150 valence electrons. The average Bonchev–Trinajstić information content (AvgIpc) is 2.68. The molecule has 0 aliphatic carbocycles. The monoisotopic (exact) mass is 400 g/mol. The number of nitrogens with one attached hydrogen (secondary N) is 2. The third-order valence-electron chi connectivity index (χ3n) is 3.87. The van der Waals surface area contributed by atoms with Gasteiger partial charge in [0.25, 0.3) is 0 Å². The highest BCUT2D eigenvalue weighted by Crippen LogP contribution is 2.30. The number of hydrogen-bond donors (Lipinski definition) is 2. The van der Waals surface area contributed by atoms with Crippen molar-refractivity contribution < 1.29 is 14.2 Å². The number of ether oxygens (including phenoxy) is 3. The second kappa shape index (κ2) is 11.2. The summed E-state index contributed by atoms with van der Waals surface area (Å²) < 4.78 is 16.9. The van der Waals surface area contributed by atoms with E-state index < -0.39 is 0 Å². The summed E-state index contributed by atoms with van der Waals surface area (Å²) in [5.74, 6) is 2.24. The van der Waals surface area contributed by atoms with Gasteiger partial charge in [-0.15, -0.1) is 0 Å². The smallest absolute Gasteiger partial charge is 0.171 e. The van der Waals surface area contributed by atoms with Gasteiger partial charge in [-0.25, -0.2) is 0 Å². The molecular formula is C22H28N2O3S. The minimum Gasteiger partial charge on any atom is -0.490 e. The lowest BCUT2D eigenvalue weighted by molar-refractivity contribution is 0.287. The fourth-order valence-corrected chi connectivity index (χ4v) is 2.90. The van der Waals surface area contributed by atoms with Crippen LogP contribution >= 0.6 is 12.2 Å². The Balaban J connectivity index is 2.01. The van der Waals surface area contributed by atoms with Gasteiger partial charge in [0.15, 0.2) is 16.6 Å². The van der Waals surface area contributed by atoms with Crippen molar-refractivity contribution in [1.82, 2.24) is 5.32 Å². The molecule has 2 N–H and O–H groups in total. The second-order valence-electron chi connectivity index (χ2n) is 6.02. The summed E-state index contributed by atoms with van der Waals surface area (Å²) in [5, 5.41) is 7.01. The maximum atomic E-state index is 5.70. The molecule has 0 heterocycles. The summed E-state index contributed by atoms with van der Waals surface area (Å²) >= 11 is 5.46. The largest absolute Gasteiger partial charge is 0.490 e. The fraction of sp³-hybridized carbons (Fsp3) is 0.318. The van der Waals surface area contributed by atoms with Crippen molar-refractivity contribution in [3.05, 3.63) is 60.7 Å². The molecule has 5 nitrogen and oxygen atoms in total. The number of anilines is 1. The van der Waals surface area contributed by atoms with Crippen LogP contribution in [0, 0.1) is 0 Å². The molecule has 0 fully saturated rings. The molecule has 2 rings (SSSR count). The molecule has 2 aromatic carbocycles. The Morgan fingerprint density at radius 2 is 1.82 bits per heavy atom. The van der Waals surface area contributed by atoms with Crippen LogP contribution in [-0.4, -0.2) is 24.9 Å². The van der Waals surface area contributed by atoms with Crippen LogP contribution in [0.2, 0.25) is 0 Å². The zero-order valence-electron chi connectivity index (χ0n) is 16.7. The Morgan fingerprint density at radius 3 is 2.54 bits per heavy atom. The molecule has 0 spiro atoms. The first-order valence-corrected chi connectivity index (χ1v) is 9.79. The zero-order chi connectivity index (χ0) is 20.4. The molecule has 6 heteroatoms. The normalized spacial score (nSPS) is 11.2. The zero-order valence-corrected chi connectivity index (χ0v) is 17.5. The van der Waals surface area contributed by atoms with Crippen LogP contribution in [0.25, 0.3) is 0 Å². The summed E-state index contributed by atoms with van der Waals surface area (Å²) in [6.45, 7) is 11.2. The second-order valence-corrected chi connectivity index (χ2v) is 6.43. The van der Waals surface area contributed by atoms with E-state index >= 15 is 0 Å². The quantitative estimate of drug-likeness (QED) is 0.428. The van der Waals surface area contributed by atoms with E-state index in [1.807, 2.05) is 63.2 Å². The minimum absolute atomic E-state index is 0.00455. The van der Waals surface area contributed by atoms with E-state index in [2.05, 4.69) is 17.2 Å². The number of rotatable bonds is 10. The van der Waals surface area contributed by atoms with E-state index in [1.165, 1.54) is 0 Å². The number of thiocarbonyl (C=S) groups is 1. The van der Waals surface area contributed by atoms with Crippen molar-refractivity contribution in [2.24, 2.45) is 0 Å². The Kier molecular flexibility index (Phi) is 8.62. The lowest BCUT2D eigenvalue weighted by atomic mass is 10.1. The van der Waals surface area contributed by atoms with Crippen LogP contribution in [0.5, 0.6) is 17.2 Å². The molecule has 0 aromatic heterocycles. The van der Waals surface area contributed by atoms with Crippen LogP contribution in [0.4, 0.5) is 5.69 Å². The topological polar surface area (TPSA) is 51.8 Å². The Bertz CT molecular complexity index is 795. The van der Waals surface area contributed by atoms with Gasteiger partial charge in [-0.3, -0.25) is 0 Å². The Hall–Kier alpha value is -2.73. The predicted molar refractivity (Wildman–Crippen MR) is 119 cm³/mol. The molecular weight excluding hydrogens is 372 g/mol. The van der Waals surface area contributed by atoms with E-state index in [0.717, 1.165) is 28.5 Å². The summed E-state index contributed by atoms with van der Waals surface area (Å²) in [6, 6.07) is 13.6. The molecule has 0 aliphatic heterocycles. The SMILES string of the molecule is C=CCOc1cccc(NC(=S)N[C@@H](C)c2ccc(OCC)c(OCC)c2)c1. The van der Waals surface area contributed by atoms with Gasteiger partial charge in [-0.1, -0.05) is 24.8 Å². The molecule has 0 unspecified atom stereocenters. The maximum absolute atomic E-state index is 5.70. The number of hydrogen-bond acceptors (Lipinski definition) is 4. The van der Waals surface area contributed by atoms with Crippen molar-refractivity contribution in [3.63, 3.8) is 0 Å². The van der Waals surface area contributed by atoms with Crippen LogP contribution in [0.1, 0.15) is 32.4 Å². The van der Waals surface area contributed by atoms with Crippen LogP contribution in [-0.2, 0) is 0 Å². The number of benzene rings is 2. The van der Waals surface area contributed by atoms with E-state index in [0.29, 0.717) is 24.9 Å². The Labute approximate surface area is 172 Å². The molecule has 0 bridgehead atoms. The van der Waals surface area contributed by atoms with Gasteiger partial charge in [0, 0.05) is 11.8 Å². The maximum Gasteiger partial charge on any atom is 0.171 e. The molecule has 0 saturated carbocycles. The fourth-order valence-electron chi connectivity index (χ4n) is 2.60. The van der Waals surface area contributed by atoms with Gasteiger partial charge < -0.3 is 24.8 Å². The van der Waals surface area contributed by atoms with E-state index in [4.69, 9.17) is 26.4 Å². The summed E-state index contributed by atoms with van der Waals surface area (Å²) in [4.78, 5) is 0. The van der Waals surface area contributed by atoms with Crippen molar-refractivity contribution in [2.45, 2.75) is 26.8 Å². The predicted octanol–water partition coefficient (Wildman–Crippen LogP) is 5.10. The van der Waals surface area contributed by atoms with Gasteiger partial charge in [-0.2, -0.15) is 0 Å². The molecule has 28 heavy (non-hydrogen) atoms.